The zero-order valence-corrected chi connectivity index (χ0v) is 14.9. The Morgan fingerprint density at radius 1 is 1.31 bits per heavy atom. The molecule has 1 fully saturated rings. The van der Waals surface area contributed by atoms with Crippen LogP contribution in [0.3, 0.4) is 0 Å². The molecule has 1 N–H and O–H groups in total. The van der Waals surface area contributed by atoms with Crippen molar-refractivity contribution in [3.8, 4) is 0 Å². The van der Waals surface area contributed by atoms with E-state index in [1.54, 1.807) is 18.2 Å². The molecule has 1 saturated heterocycles. The van der Waals surface area contributed by atoms with Gasteiger partial charge in [0.1, 0.15) is 17.2 Å². The van der Waals surface area contributed by atoms with Crippen LogP contribution < -0.4 is 0 Å². The third-order valence-electron chi connectivity index (χ3n) is 4.26. The maximum atomic E-state index is 13.8. The molecular weight excluding hydrogens is 359 g/mol. The number of ether oxygens (including phenoxy) is 1. The van der Waals surface area contributed by atoms with Crippen LogP contribution in [0.1, 0.15) is 33.1 Å². The number of rotatable bonds is 6. The lowest BCUT2D eigenvalue weighted by molar-refractivity contribution is -0.138. The number of carboxylic acids is 1. The Labute approximate surface area is 154 Å². The predicted molar refractivity (Wildman–Crippen MR) is 93.8 cm³/mol. The van der Waals surface area contributed by atoms with E-state index in [1.165, 1.54) is 28.5 Å². The van der Waals surface area contributed by atoms with E-state index in [1.807, 2.05) is 0 Å². The van der Waals surface area contributed by atoms with Crippen LogP contribution >= 0.6 is 11.3 Å². The number of amides is 1. The summed E-state index contributed by atoms with van der Waals surface area (Å²) in [5, 5.41) is 9.77. The van der Waals surface area contributed by atoms with Gasteiger partial charge in [0.25, 0.3) is 5.91 Å². The molecule has 0 atom stereocenters. The number of hydrogen-bond acceptors (Lipinski definition) is 5. The van der Waals surface area contributed by atoms with Gasteiger partial charge in [0, 0.05) is 25.7 Å². The number of carboxylic acid groups (broad SMARTS) is 1. The van der Waals surface area contributed by atoms with Crippen molar-refractivity contribution < 1.29 is 23.8 Å². The van der Waals surface area contributed by atoms with E-state index < -0.39 is 5.97 Å². The van der Waals surface area contributed by atoms with Crippen molar-refractivity contribution in [2.75, 3.05) is 19.8 Å². The molecule has 138 valence electrons. The van der Waals surface area contributed by atoms with Gasteiger partial charge in [0.2, 0.25) is 0 Å². The van der Waals surface area contributed by atoms with E-state index in [9.17, 15) is 14.0 Å². The van der Waals surface area contributed by atoms with E-state index in [2.05, 4.69) is 4.98 Å². The minimum absolute atomic E-state index is 0.163. The highest BCUT2D eigenvalue weighted by Gasteiger charge is 2.29. The van der Waals surface area contributed by atoms with Gasteiger partial charge >= 0.3 is 5.97 Å². The zero-order chi connectivity index (χ0) is 18.5. The van der Waals surface area contributed by atoms with Crippen LogP contribution in [-0.2, 0) is 16.0 Å². The number of aromatic nitrogens is 1. The van der Waals surface area contributed by atoms with E-state index in [0.29, 0.717) is 47.9 Å². The minimum atomic E-state index is -1.05. The van der Waals surface area contributed by atoms with E-state index in [4.69, 9.17) is 9.84 Å². The van der Waals surface area contributed by atoms with Crippen molar-refractivity contribution in [3.05, 3.63) is 51.7 Å². The van der Waals surface area contributed by atoms with Crippen LogP contribution in [0.4, 0.5) is 4.39 Å². The number of aliphatic carboxylic acids is 1. The van der Waals surface area contributed by atoms with Gasteiger partial charge in [0.05, 0.1) is 11.2 Å². The van der Waals surface area contributed by atoms with Crippen molar-refractivity contribution in [1.29, 1.82) is 0 Å². The minimum Gasteiger partial charge on any atom is -0.480 e. The fourth-order valence-corrected chi connectivity index (χ4v) is 3.84. The van der Waals surface area contributed by atoms with Crippen molar-refractivity contribution in [2.45, 2.75) is 25.3 Å². The van der Waals surface area contributed by atoms with Crippen LogP contribution in [0.25, 0.3) is 0 Å². The summed E-state index contributed by atoms with van der Waals surface area (Å²) in [7, 11) is 0. The molecule has 8 heteroatoms. The summed E-state index contributed by atoms with van der Waals surface area (Å²) in [5.41, 5.74) is 0.507. The highest BCUT2D eigenvalue weighted by molar-refractivity contribution is 7.13. The number of halogens is 1. The molecule has 1 amide bonds. The van der Waals surface area contributed by atoms with Gasteiger partial charge in [-0.25, -0.2) is 9.37 Å². The summed E-state index contributed by atoms with van der Waals surface area (Å²) in [6.07, 6.45) is 2.96. The van der Waals surface area contributed by atoms with Crippen LogP contribution in [0.15, 0.2) is 30.5 Å². The second kappa shape index (κ2) is 8.37. The smallest absolute Gasteiger partial charge is 0.323 e. The second-order valence-electron chi connectivity index (χ2n) is 6.06. The third kappa shape index (κ3) is 4.44. The second-order valence-corrected chi connectivity index (χ2v) is 7.17. The monoisotopic (exact) mass is 378 g/mol. The maximum Gasteiger partial charge on any atom is 0.323 e. The molecule has 1 aromatic heterocycles. The molecule has 0 aliphatic carbocycles. The molecule has 6 nitrogen and oxygen atoms in total. The molecule has 1 aliphatic rings. The normalized spacial score (nSPS) is 15.0. The standard InChI is InChI=1S/C18H19FN2O4S/c19-14-4-2-1-3-12(14)9-16-20-10-15(26-16)18(24)21(11-17(22)23)13-5-7-25-8-6-13/h1-4,10,13H,5-9,11H2,(H,22,23). The third-order valence-corrected chi connectivity index (χ3v) is 5.25. The summed E-state index contributed by atoms with van der Waals surface area (Å²) >= 11 is 1.17. The predicted octanol–water partition coefficient (Wildman–Crippen LogP) is 2.58. The zero-order valence-electron chi connectivity index (χ0n) is 14.1. The Morgan fingerprint density at radius 3 is 2.73 bits per heavy atom. The number of thiazole rings is 1. The number of carbonyl (C=O) groups excluding carboxylic acids is 1. The van der Waals surface area contributed by atoms with Gasteiger partial charge in [-0.3, -0.25) is 9.59 Å². The average Bonchev–Trinajstić information content (AvgIpc) is 3.10. The number of benzene rings is 1. The first-order chi connectivity index (χ1) is 12.5. The van der Waals surface area contributed by atoms with Gasteiger partial charge in [-0.1, -0.05) is 18.2 Å². The van der Waals surface area contributed by atoms with Crippen LogP contribution in [0.5, 0.6) is 0 Å². The van der Waals surface area contributed by atoms with Crippen molar-refractivity contribution in [2.24, 2.45) is 0 Å². The van der Waals surface area contributed by atoms with Gasteiger partial charge < -0.3 is 14.7 Å². The average molecular weight is 378 g/mol. The quantitative estimate of drug-likeness (QED) is 0.836. The van der Waals surface area contributed by atoms with Crippen LogP contribution in [-0.4, -0.2) is 52.7 Å². The molecule has 2 heterocycles. The molecule has 3 rings (SSSR count). The lowest BCUT2D eigenvalue weighted by atomic mass is 10.1. The summed E-state index contributed by atoms with van der Waals surface area (Å²) in [5.74, 6) is -1.72. The number of nitrogens with zero attached hydrogens (tertiary/aromatic N) is 2. The van der Waals surface area contributed by atoms with Gasteiger partial charge in [-0.15, -0.1) is 11.3 Å². The maximum absolute atomic E-state index is 13.8. The van der Waals surface area contributed by atoms with Gasteiger partial charge in [0.15, 0.2) is 0 Å². The first-order valence-electron chi connectivity index (χ1n) is 8.33. The Kier molecular flexibility index (Phi) is 5.95. The van der Waals surface area contributed by atoms with Crippen molar-refractivity contribution >= 4 is 23.2 Å². The van der Waals surface area contributed by atoms with E-state index in [0.717, 1.165) is 0 Å². The van der Waals surface area contributed by atoms with Gasteiger partial charge in [-0.05, 0) is 24.5 Å². The summed E-state index contributed by atoms with van der Waals surface area (Å²) < 4.78 is 19.1. The largest absolute Gasteiger partial charge is 0.480 e. The topological polar surface area (TPSA) is 79.7 Å². The van der Waals surface area contributed by atoms with E-state index >= 15 is 0 Å². The summed E-state index contributed by atoms with van der Waals surface area (Å²) in [6, 6.07) is 6.26. The molecule has 0 unspecified atom stereocenters. The molecule has 0 spiro atoms. The van der Waals surface area contributed by atoms with Crippen LogP contribution in [0.2, 0.25) is 0 Å². The lowest BCUT2D eigenvalue weighted by Gasteiger charge is -2.32. The van der Waals surface area contributed by atoms with Crippen molar-refractivity contribution in [1.82, 2.24) is 9.88 Å². The molecule has 26 heavy (non-hydrogen) atoms. The fraction of sp³-hybridized carbons (Fsp3) is 0.389. The molecular formula is C18H19FN2O4S. The van der Waals surface area contributed by atoms with E-state index in [-0.39, 0.29) is 24.3 Å². The molecule has 1 aromatic carbocycles. The Hall–Kier alpha value is -2.32. The highest BCUT2D eigenvalue weighted by Crippen LogP contribution is 2.23. The molecule has 1 aliphatic heterocycles. The Balaban J connectivity index is 1.76. The number of hydrogen-bond donors (Lipinski definition) is 1. The molecule has 0 saturated carbocycles. The lowest BCUT2D eigenvalue weighted by Crippen LogP contribution is -2.45. The Bertz CT molecular complexity index is 789. The highest BCUT2D eigenvalue weighted by atomic mass is 32.1. The van der Waals surface area contributed by atoms with Crippen LogP contribution in [0, 0.1) is 5.82 Å². The van der Waals surface area contributed by atoms with Gasteiger partial charge in [-0.2, -0.15) is 0 Å². The molecule has 2 aromatic rings. The SMILES string of the molecule is O=C(O)CN(C(=O)c1cnc(Cc2ccccc2F)s1)C1CCOCC1. The fourth-order valence-electron chi connectivity index (χ4n) is 2.95. The summed E-state index contributed by atoms with van der Waals surface area (Å²) in [4.78, 5) is 30.0. The number of carbonyl (C=O) groups is 2. The molecule has 0 bridgehead atoms. The summed E-state index contributed by atoms with van der Waals surface area (Å²) in [6.45, 7) is 0.661. The first kappa shape index (κ1) is 18.5. The molecule has 0 radical (unpaired) electrons. The first-order valence-corrected chi connectivity index (χ1v) is 9.15. The Morgan fingerprint density at radius 2 is 2.04 bits per heavy atom. The van der Waals surface area contributed by atoms with Crippen molar-refractivity contribution in [3.63, 3.8) is 0 Å².